The first-order valence-electron chi connectivity index (χ1n) is 11.1. The number of hydrogen-bond donors (Lipinski definition) is 2. The van der Waals surface area contributed by atoms with E-state index in [1.165, 1.54) is 13.2 Å². The molecular weight excluding hydrogens is 476 g/mol. The molecule has 36 heavy (non-hydrogen) atoms. The van der Waals surface area contributed by atoms with E-state index < -0.39 is 35.9 Å². The topological polar surface area (TPSA) is 103 Å². The van der Waals surface area contributed by atoms with E-state index in [4.69, 9.17) is 24.1 Å². The first-order chi connectivity index (χ1) is 17.3. The Labute approximate surface area is 208 Å². The van der Waals surface area contributed by atoms with Gasteiger partial charge < -0.3 is 24.1 Å². The van der Waals surface area contributed by atoms with Crippen molar-refractivity contribution < 1.29 is 42.4 Å². The molecule has 2 N–H and O–H groups in total. The van der Waals surface area contributed by atoms with Gasteiger partial charge >= 0.3 is 12.1 Å². The minimum Gasteiger partial charge on any atom is -0.491 e. The molecule has 0 aromatic heterocycles. The number of halogens is 2. The van der Waals surface area contributed by atoms with Gasteiger partial charge in [0.15, 0.2) is 6.10 Å². The second kappa shape index (κ2) is 14.6. The molecule has 2 atom stereocenters. The average Bonchev–Trinajstić information content (AvgIpc) is 2.84. The summed E-state index contributed by atoms with van der Waals surface area (Å²) in [6, 6.07) is 9.25. The van der Waals surface area contributed by atoms with Crippen LogP contribution in [0.5, 0.6) is 5.75 Å². The minimum absolute atomic E-state index is 0.112. The Morgan fingerprint density at radius 3 is 2.47 bits per heavy atom. The van der Waals surface area contributed by atoms with Crippen molar-refractivity contribution in [1.82, 2.24) is 0 Å². The largest absolute Gasteiger partial charge is 0.491 e. The van der Waals surface area contributed by atoms with Crippen LogP contribution in [0.2, 0.25) is 0 Å². The van der Waals surface area contributed by atoms with Crippen molar-refractivity contribution in [2.24, 2.45) is 0 Å². The SMILES string of the molecule is CCOC(=O)/C=C(C)/C=C/[C@@H](OC)[C@H](OC(=O)Nc1ccc(F)cc1F)c1ccc(OCCO)cc1. The van der Waals surface area contributed by atoms with Gasteiger partial charge in [0.05, 0.1) is 18.9 Å². The van der Waals surface area contributed by atoms with E-state index in [2.05, 4.69) is 5.32 Å². The van der Waals surface area contributed by atoms with Crippen molar-refractivity contribution in [3.63, 3.8) is 0 Å². The van der Waals surface area contributed by atoms with E-state index in [0.29, 0.717) is 23.0 Å². The summed E-state index contributed by atoms with van der Waals surface area (Å²) < 4.78 is 48.5. The predicted octanol–water partition coefficient (Wildman–Crippen LogP) is 4.71. The van der Waals surface area contributed by atoms with Gasteiger partial charge in [0.25, 0.3) is 0 Å². The van der Waals surface area contributed by atoms with Crippen LogP contribution in [0, 0.1) is 11.6 Å². The Morgan fingerprint density at radius 1 is 1.14 bits per heavy atom. The zero-order valence-corrected chi connectivity index (χ0v) is 20.2. The monoisotopic (exact) mass is 505 g/mol. The lowest BCUT2D eigenvalue weighted by Crippen LogP contribution is -2.27. The van der Waals surface area contributed by atoms with Crippen molar-refractivity contribution in [2.75, 3.05) is 32.2 Å². The summed E-state index contributed by atoms with van der Waals surface area (Å²) in [6.07, 6.45) is 1.69. The number of nitrogens with one attached hydrogen (secondary N) is 1. The van der Waals surface area contributed by atoms with Crippen LogP contribution >= 0.6 is 0 Å². The second-order valence-electron chi connectivity index (χ2n) is 7.42. The van der Waals surface area contributed by atoms with Crippen LogP contribution < -0.4 is 10.1 Å². The third kappa shape index (κ3) is 9.12. The van der Waals surface area contributed by atoms with Crippen LogP contribution in [0.15, 0.2) is 66.3 Å². The summed E-state index contributed by atoms with van der Waals surface area (Å²) in [5.74, 6) is -1.76. The molecule has 2 aromatic rings. The van der Waals surface area contributed by atoms with Crippen LogP contribution in [0.1, 0.15) is 25.5 Å². The summed E-state index contributed by atoms with van der Waals surface area (Å²) in [7, 11) is 1.41. The van der Waals surface area contributed by atoms with Crippen molar-refractivity contribution in [3.05, 3.63) is 83.5 Å². The summed E-state index contributed by atoms with van der Waals surface area (Å²) in [5, 5.41) is 11.2. The molecule has 0 radical (unpaired) electrons. The van der Waals surface area contributed by atoms with Gasteiger partial charge in [0.2, 0.25) is 0 Å². The van der Waals surface area contributed by atoms with Crippen LogP contribution in [-0.2, 0) is 19.0 Å². The second-order valence-corrected chi connectivity index (χ2v) is 7.42. The number of aliphatic hydroxyl groups excluding tert-OH is 1. The molecule has 2 aromatic carbocycles. The molecule has 0 saturated heterocycles. The zero-order chi connectivity index (χ0) is 26.5. The smallest absolute Gasteiger partial charge is 0.412 e. The normalized spacial score (nSPS) is 13.2. The predicted molar refractivity (Wildman–Crippen MR) is 129 cm³/mol. The van der Waals surface area contributed by atoms with Gasteiger partial charge in [0, 0.05) is 19.3 Å². The molecular formula is C26H29F2NO7. The molecule has 2 rings (SSSR count). The third-order valence-electron chi connectivity index (χ3n) is 4.72. The van der Waals surface area contributed by atoms with Crippen molar-refractivity contribution in [1.29, 1.82) is 0 Å². The van der Waals surface area contributed by atoms with Gasteiger partial charge in [-0.2, -0.15) is 0 Å². The number of rotatable bonds is 12. The van der Waals surface area contributed by atoms with Gasteiger partial charge in [-0.25, -0.2) is 18.4 Å². The molecule has 0 heterocycles. The number of hydrogen-bond acceptors (Lipinski definition) is 7. The van der Waals surface area contributed by atoms with Crippen LogP contribution in [0.4, 0.5) is 19.3 Å². The molecule has 0 aliphatic rings. The maximum absolute atomic E-state index is 14.0. The number of ether oxygens (including phenoxy) is 4. The fourth-order valence-electron chi connectivity index (χ4n) is 3.06. The Bertz CT molecular complexity index is 1070. The summed E-state index contributed by atoms with van der Waals surface area (Å²) in [4.78, 5) is 24.3. The molecule has 194 valence electrons. The van der Waals surface area contributed by atoms with Crippen molar-refractivity contribution >= 4 is 17.7 Å². The van der Waals surface area contributed by atoms with Crippen LogP contribution in [0.25, 0.3) is 0 Å². The molecule has 0 bridgehead atoms. The Morgan fingerprint density at radius 2 is 1.86 bits per heavy atom. The molecule has 1 amide bonds. The number of carbonyl (C=O) groups is 2. The number of aliphatic hydroxyl groups is 1. The Kier molecular flexibility index (Phi) is 11.5. The molecule has 8 nitrogen and oxygen atoms in total. The van der Waals surface area contributed by atoms with E-state index in [9.17, 15) is 18.4 Å². The number of amides is 1. The number of benzene rings is 2. The van der Waals surface area contributed by atoms with Crippen LogP contribution in [-0.4, -0.2) is 50.2 Å². The summed E-state index contributed by atoms with van der Waals surface area (Å²) >= 11 is 0. The van der Waals surface area contributed by atoms with Gasteiger partial charge in [-0.05, 0) is 49.2 Å². The first-order valence-corrected chi connectivity index (χ1v) is 11.1. The lowest BCUT2D eigenvalue weighted by molar-refractivity contribution is -0.137. The molecule has 0 unspecified atom stereocenters. The van der Waals surface area contributed by atoms with Gasteiger partial charge in [-0.1, -0.05) is 24.3 Å². The zero-order valence-electron chi connectivity index (χ0n) is 20.2. The standard InChI is InChI=1S/C26H29F2NO7/c1-4-34-24(31)15-17(2)5-12-23(33-3)25(18-6-9-20(10-7-18)35-14-13-30)36-26(32)29-22-11-8-19(27)16-21(22)28/h5-12,15-16,23,25,30H,4,13-14H2,1-3H3,(H,29,32)/b12-5+,17-15+/t23-,25-/m1/s1. The molecule has 0 aliphatic carbocycles. The average molecular weight is 506 g/mol. The first kappa shape index (κ1) is 28.5. The highest BCUT2D eigenvalue weighted by Crippen LogP contribution is 2.28. The molecule has 0 aliphatic heterocycles. The maximum Gasteiger partial charge on any atom is 0.412 e. The Balaban J connectivity index is 2.29. The number of esters is 1. The lowest BCUT2D eigenvalue weighted by Gasteiger charge is -2.25. The van der Waals surface area contributed by atoms with Gasteiger partial charge in [-0.3, -0.25) is 5.32 Å². The quantitative estimate of drug-likeness (QED) is 0.245. The number of methoxy groups -OCH3 is 1. The molecule has 10 heteroatoms. The van der Waals surface area contributed by atoms with Gasteiger partial charge in [0.1, 0.15) is 30.1 Å². The maximum atomic E-state index is 14.0. The number of carbonyl (C=O) groups excluding carboxylic acids is 2. The molecule has 0 spiro atoms. The van der Waals surface area contributed by atoms with E-state index in [-0.39, 0.29) is 25.5 Å². The van der Waals surface area contributed by atoms with Crippen LogP contribution in [0.3, 0.4) is 0 Å². The van der Waals surface area contributed by atoms with E-state index >= 15 is 0 Å². The van der Waals surface area contributed by atoms with E-state index in [0.717, 1.165) is 12.1 Å². The molecule has 0 fully saturated rings. The number of allylic oxidation sites excluding steroid dienone is 2. The fourth-order valence-corrected chi connectivity index (χ4v) is 3.06. The van der Waals surface area contributed by atoms with E-state index in [1.807, 2.05) is 0 Å². The highest BCUT2D eigenvalue weighted by molar-refractivity contribution is 5.85. The minimum atomic E-state index is -1.00. The third-order valence-corrected chi connectivity index (χ3v) is 4.72. The van der Waals surface area contributed by atoms with Crippen molar-refractivity contribution in [2.45, 2.75) is 26.1 Å². The van der Waals surface area contributed by atoms with Crippen molar-refractivity contribution in [3.8, 4) is 5.75 Å². The number of anilines is 1. The summed E-state index contributed by atoms with van der Waals surface area (Å²) in [6.45, 7) is 3.59. The fraction of sp³-hybridized carbons (Fsp3) is 0.308. The highest BCUT2D eigenvalue weighted by atomic mass is 19.1. The van der Waals surface area contributed by atoms with E-state index in [1.54, 1.807) is 50.3 Å². The Hall–Kier alpha value is -3.76. The van der Waals surface area contributed by atoms with Gasteiger partial charge in [-0.15, -0.1) is 0 Å². The molecule has 0 saturated carbocycles. The summed E-state index contributed by atoms with van der Waals surface area (Å²) in [5.41, 5.74) is 0.829. The highest BCUT2D eigenvalue weighted by Gasteiger charge is 2.26. The lowest BCUT2D eigenvalue weighted by atomic mass is 10.0.